The van der Waals surface area contributed by atoms with Gasteiger partial charge < -0.3 is 96.6 Å². The van der Waals surface area contributed by atoms with Gasteiger partial charge in [-0.1, -0.05) is 0 Å². The number of carbonyl (C=O) groups is 4. The molecule has 30 nitrogen and oxygen atoms in total. The molecule has 0 aliphatic carbocycles. The highest BCUT2D eigenvalue weighted by Gasteiger charge is 2.30. The van der Waals surface area contributed by atoms with Crippen molar-refractivity contribution >= 4 is 56.0 Å². The molecule has 4 rings (SSSR count). The maximum Gasteiger partial charge on any atom is 0.333 e. The Labute approximate surface area is 602 Å². The molecule has 36 heteroatoms. The Morgan fingerprint density at radius 3 is 0.856 bits per heavy atom. The average molecular weight is 1520 g/mol. The lowest BCUT2D eigenvalue weighted by atomic mass is 10.1. The van der Waals surface area contributed by atoms with Crippen molar-refractivity contribution in [3.8, 4) is 23.0 Å². The number of carbonyl (C=O) groups excluding carboxylic acids is 4. The van der Waals surface area contributed by atoms with E-state index in [0.29, 0.717) is 52.9 Å². The number of hydrogen-bond donors (Lipinski definition) is 6. The lowest BCUT2D eigenvalue weighted by molar-refractivity contribution is -0.146. The van der Waals surface area contributed by atoms with Crippen molar-refractivity contribution < 1.29 is 140 Å². The molecular weight excluding hydrogens is 1430 g/mol. The maximum atomic E-state index is 14.8. The Kier molecular flexibility index (Phi) is 44.5. The largest absolute Gasteiger partial charge is 0.463 e. The molecule has 0 aliphatic heterocycles. The van der Waals surface area contributed by atoms with Crippen LogP contribution in [-0.4, -0.2) is 261 Å². The van der Waals surface area contributed by atoms with E-state index in [-0.39, 0.29) is 189 Å². The standard InChI is InChI=1S/C68H94F4N4O26S2/c1-5-99-67(81)49(3)43-51-45-57(69)63(58(70)46-51)101-53-7-11-55(12-8-53)103(83,84)75-17-21-89-25-29-93-33-37-97-41-39-95-35-31-91-27-23-87-19-15-73-65(79)61(77)62(78)66(80)74-16-20-88-24-28-92-32-36-96-40-42-98-38-34-94-30-26-90-22-18-76-104(85,86)56-13-9-54(10-14-56)102-64-59(71)47-52(48-60(64)72)44-50(4)68(82)100-6-2/h7-14,43-48,61-62,75-78H,5-6,15-42H2,1-4H3,(H,73,79)(H,74,80)/b49-43+,50-44+/t61-,62-/m1/s1. The summed E-state index contributed by atoms with van der Waals surface area (Å²) >= 11 is 0. The first-order chi connectivity index (χ1) is 50.1. The van der Waals surface area contributed by atoms with Gasteiger partial charge in [0.2, 0.25) is 20.0 Å². The second-order valence-corrected chi connectivity index (χ2v) is 25.0. The maximum absolute atomic E-state index is 14.8. The number of sulfonamides is 2. The first-order valence-corrected chi connectivity index (χ1v) is 36.1. The van der Waals surface area contributed by atoms with Gasteiger partial charge in [0.25, 0.3) is 11.8 Å². The molecule has 0 radical (unpaired) electrons. The summed E-state index contributed by atoms with van der Waals surface area (Å²) in [6.07, 6.45) is -1.50. The average Bonchev–Trinajstić information content (AvgIpc) is 0.829. The van der Waals surface area contributed by atoms with E-state index in [2.05, 4.69) is 20.1 Å². The number of rotatable bonds is 59. The molecule has 0 saturated carbocycles. The molecule has 0 spiro atoms. The molecule has 0 bridgehead atoms. The second kappa shape index (κ2) is 51.9. The fourth-order valence-electron chi connectivity index (χ4n) is 8.29. The van der Waals surface area contributed by atoms with Crippen LogP contribution in [-0.2, 0) is 106 Å². The Hall–Kier alpha value is -7.18. The zero-order valence-electron chi connectivity index (χ0n) is 58.5. The first kappa shape index (κ1) is 89.2. The third-order valence-corrected chi connectivity index (χ3v) is 16.4. The molecule has 2 amide bonds. The number of halogens is 4. The van der Waals surface area contributed by atoms with Gasteiger partial charge in [0, 0.05) is 37.3 Å². The van der Waals surface area contributed by atoms with Gasteiger partial charge in [-0.3, -0.25) is 9.59 Å². The molecule has 0 heterocycles. The number of nitrogens with one attached hydrogen (secondary N) is 4. The smallest absolute Gasteiger partial charge is 0.333 e. The topological polar surface area (TPSA) is 373 Å². The van der Waals surface area contributed by atoms with E-state index in [9.17, 15) is 63.8 Å². The summed E-state index contributed by atoms with van der Waals surface area (Å²) in [4.78, 5) is 48.0. The van der Waals surface area contributed by atoms with Crippen LogP contribution in [0, 0.1) is 23.3 Å². The van der Waals surface area contributed by atoms with Gasteiger partial charge in [-0.05, 0) is 124 Å². The Bertz CT molecular complexity index is 3200. The summed E-state index contributed by atoms with van der Waals surface area (Å²) in [6, 6.07) is 13.8. The molecule has 0 aliphatic rings. The minimum atomic E-state index is -3.94. The predicted molar refractivity (Wildman–Crippen MR) is 365 cm³/mol. The summed E-state index contributed by atoms with van der Waals surface area (Å²) in [7, 11) is -7.88. The summed E-state index contributed by atoms with van der Waals surface area (Å²) in [5.74, 6) is -8.76. The molecular formula is C68H94F4N4O26S2. The molecule has 104 heavy (non-hydrogen) atoms. The molecule has 0 fully saturated rings. The van der Waals surface area contributed by atoms with Gasteiger partial charge in [-0.25, -0.2) is 53.4 Å². The number of amides is 2. The van der Waals surface area contributed by atoms with Crippen molar-refractivity contribution in [1.29, 1.82) is 0 Å². The minimum Gasteiger partial charge on any atom is -0.463 e. The lowest BCUT2D eigenvalue weighted by Gasteiger charge is -2.17. The van der Waals surface area contributed by atoms with Crippen molar-refractivity contribution in [3.63, 3.8) is 0 Å². The highest BCUT2D eigenvalue weighted by molar-refractivity contribution is 7.89. The van der Waals surface area contributed by atoms with Crippen molar-refractivity contribution in [3.05, 3.63) is 118 Å². The van der Waals surface area contributed by atoms with Crippen LogP contribution >= 0.6 is 0 Å². The fourth-order valence-corrected chi connectivity index (χ4v) is 10.3. The zero-order chi connectivity index (χ0) is 75.8. The number of aliphatic hydroxyl groups is 2. The van der Waals surface area contributed by atoms with E-state index in [1.54, 1.807) is 13.8 Å². The van der Waals surface area contributed by atoms with Gasteiger partial charge >= 0.3 is 11.9 Å². The van der Waals surface area contributed by atoms with Gasteiger partial charge in [0.05, 0.1) is 182 Å². The van der Waals surface area contributed by atoms with Crippen molar-refractivity contribution in [2.24, 2.45) is 0 Å². The molecule has 4 aromatic rings. The molecule has 0 unspecified atom stereocenters. The number of benzene rings is 4. The fraction of sp³-hybridized carbons (Fsp3) is 0.529. The summed E-state index contributed by atoms with van der Waals surface area (Å²) in [6.45, 7) is 12.0. The van der Waals surface area contributed by atoms with Crippen LogP contribution in [0.3, 0.4) is 0 Å². The number of hydrogen-bond acceptors (Lipinski definition) is 26. The van der Waals surface area contributed by atoms with Crippen molar-refractivity contribution in [1.82, 2.24) is 20.1 Å². The summed E-state index contributed by atoms with van der Waals surface area (Å²) in [5.41, 5.74) is 0.456. The lowest BCUT2D eigenvalue weighted by Crippen LogP contribution is -2.50. The van der Waals surface area contributed by atoms with Crippen molar-refractivity contribution in [2.75, 3.05) is 198 Å². The van der Waals surface area contributed by atoms with E-state index >= 15 is 0 Å². The summed E-state index contributed by atoms with van der Waals surface area (Å²) in [5, 5.41) is 25.0. The third kappa shape index (κ3) is 36.7. The van der Waals surface area contributed by atoms with Crippen LogP contribution < -0.4 is 29.6 Å². The van der Waals surface area contributed by atoms with E-state index < -0.39 is 90.8 Å². The van der Waals surface area contributed by atoms with E-state index in [4.69, 9.17) is 75.8 Å². The third-order valence-electron chi connectivity index (χ3n) is 13.4. The molecule has 0 aromatic heterocycles. The van der Waals surface area contributed by atoms with E-state index in [0.717, 1.165) is 24.3 Å². The zero-order valence-corrected chi connectivity index (χ0v) is 60.1. The molecule has 6 N–H and O–H groups in total. The highest BCUT2D eigenvalue weighted by atomic mass is 32.2. The van der Waals surface area contributed by atoms with E-state index in [1.165, 1.54) is 74.5 Å². The molecule has 4 aromatic carbocycles. The first-order valence-electron chi connectivity index (χ1n) is 33.1. The van der Waals surface area contributed by atoms with Gasteiger partial charge in [-0.15, -0.1) is 0 Å². The van der Waals surface area contributed by atoms with Crippen molar-refractivity contribution in [2.45, 2.75) is 49.7 Å². The molecule has 2 atom stereocenters. The normalized spacial score (nSPS) is 12.6. The summed E-state index contributed by atoms with van der Waals surface area (Å²) < 4.78 is 200. The van der Waals surface area contributed by atoms with Crippen LogP contribution in [0.25, 0.3) is 12.2 Å². The Balaban J connectivity index is 0.840. The quantitative estimate of drug-likeness (QED) is 0.0156. The second-order valence-electron chi connectivity index (χ2n) is 21.5. The van der Waals surface area contributed by atoms with Crippen LogP contribution in [0.2, 0.25) is 0 Å². The van der Waals surface area contributed by atoms with Gasteiger partial charge in [0.1, 0.15) is 11.5 Å². The monoisotopic (exact) mass is 1520 g/mol. The van der Waals surface area contributed by atoms with Crippen LogP contribution in [0.4, 0.5) is 17.6 Å². The van der Waals surface area contributed by atoms with E-state index in [1.807, 2.05) is 0 Å². The van der Waals surface area contributed by atoms with Gasteiger partial charge in [-0.2, -0.15) is 0 Å². The molecule has 582 valence electrons. The Morgan fingerprint density at radius 1 is 0.385 bits per heavy atom. The number of aliphatic hydroxyl groups excluding tert-OH is 2. The van der Waals surface area contributed by atoms with Gasteiger partial charge in [0.15, 0.2) is 47.0 Å². The number of ether oxygens (including phenoxy) is 16. The minimum absolute atomic E-state index is 0.00691. The van der Waals surface area contributed by atoms with Crippen LogP contribution in [0.1, 0.15) is 38.8 Å². The SMILES string of the molecule is CCOC(=O)/C(C)=C/c1cc(F)c(Oc2ccc(S(=O)(=O)NCCOCCOCCOCCOCCOCCOCCNC(=O)[C@H](O)[C@@H](O)C(=O)NCCOCCOCCOCCOCCOCCOCCNS(=O)(=O)c3ccc(Oc4c(F)cc(/C=C(\C)C(=O)OCC)cc4F)cc3)cc2)c(F)c1. The Morgan fingerprint density at radius 2 is 0.615 bits per heavy atom. The molecule has 0 saturated heterocycles. The number of esters is 2. The highest BCUT2D eigenvalue weighted by Crippen LogP contribution is 2.32. The predicted octanol–water partition coefficient (Wildman–Crippen LogP) is 4.17. The van der Waals surface area contributed by atoms with Crippen LogP contribution in [0.15, 0.2) is 93.7 Å². The van der Waals surface area contributed by atoms with Crippen LogP contribution in [0.5, 0.6) is 23.0 Å².